The van der Waals surface area contributed by atoms with E-state index in [0.717, 1.165) is 17.0 Å². The summed E-state index contributed by atoms with van der Waals surface area (Å²) in [5.74, 6) is 1.16. The lowest BCUT2D eigenvalue weighted by atomic mass is 10.1. The van der Waals surface area contributed by atoms with Crippen LogP contribution >= 0.6 is 11.6 Å². The Bertz CT molecular complexity index is 334. The van der Waals surface area contributed by atoms with Crippen LogP contribution in [0.25, 0.3) is 0 Å². The Morgan fingerprint density at radius 2 is 2.29 bits per heavy atom. The zero-order chi connectivity index (χ0) is 10.1. The van der Waals surface area contributed by atoms with Gasteiger partial charge in [-0.2, -0.15) is 0 Å². The number of hydrogen-bond acceptors (Lipinski definition) is 1. The first-order valence-electron chi connectivity index (χ1n) is 4.58. The van der Waals surface area contributed by atoms with E-state index in [1.54, 1.807) is 6.26 Å². The predicted molar refractivity (Wildman–Crippen MR) is 60.9 cm³/mol. The molecule has 1 aliphatic rings. The van der Waals surface area contributed by atoms with E-state index in [1.165, 1.54) is 5.56 Å². The lowest BCUT2D eigenvalue weighted by Gasteiger charge is -2.08. The van der Waals surface area contributed by atoms with Gasteiger partial charge in [0.1, 0.15) is 5.75 Å². The number of rotatable bonds is 3. The fourth-order valence-electron chi connectivity index (χ4n) is 1.50. The fraction of sp³-hybridized carbons (Fsp3) is 0.364. The Hall–Kier alpha value is -0.180. The molecule has 1 saturated carbocycles. The Labute approximate surface area is 92.6 Å². The van der Waals surface area contributed by atoms with Crippen LogP contribution in [-0.4, -0.2) is 10.8 Å². The zero-order valence-electron chi connectivity index (χ0n) is 8.00. The van der Waals surface area contributed by atoms with Crippen LogP contribution in [0.4, 0.5) is 0 Å². The lowest BCUT2D eigenvalue weighted by Crippen LogP contribution is -2.01. The van der Waals surface area contributed by atoms with Crippen LogP contribution in [0.1, 0.15) is 23.5 Å². The summed E-state index contributed by atoms with van der Waals surface area (Å²) in [6.45, 7) is 0. The number of hydrogen-bond donors (Lipinski definition) is 0. The molecule has 0 aliphatic heterocycles. The Balaban J connectivity index is 2.22. The minimum absolute atomic E-state index is 0.555. The first-order chi connectivity index (χ1) is 6.66. The van der Waals surface area contributed by atoms with Crippen LogP contribution in [0.15, 0.2) is 18.2 Å². The molecule has 0 spiro atoms. The highest BCUT2D eigenvalue weighted by Gasteiger charge is 2.24. The van der Waals surface area contributed by atoms with Crippen LogP contribution in [0.2, 0.25) is 5.02 Å². The molecule has 0 saturated heterocycles. The van der Waals surface area contributed by atoms with E-state index < -0.39 is 11.2 Å². The molecular weight excluding hydrogens is 216 g/mol. The summed E-state index contributed by atoms with van der Waals surface area (Å²) in [6, 6.07) is 6.04. The summed E-state index contributed by atoms with van der Waals surface area (Å²) < 4.78 is 11.1. The number of benzene rings is 1. The third-order valence-electron chi connectivity index (χ3n) is 2.33. The third-order valence-corrected chi connectivity index (χ3v) is 3.41. The second kappa shape index (κ2) is 4.13. The van der Waals surface area contributed by atoms with E-state index in [9.17, 15) is 4.55 Å². The maximum Gasteiger partial charge on any atom is 0.131 e. The van der Waals surface area contributed by atoms with Crippen molar-refractivity contribution in [2.75, 3.05) is 6.26 Å². The summed E-state index contributed by atoms with van der Waals surface area (Å²) in [4.78, 5) is 0. The van der Waals surface area contributed by atoms with Crippen LogP contribution < -0.4 is 0 Å². The maximum atomic E-state index is 11.1. The van der Waals surface area contributed by atoms with Gasteiger partial charge >= 0.3 is 0 Å². The van der Waals surface area contributed by atoms with Crippen molar-refractivity contribution in [3.05, 3.63) is 40.8 Å². The van der Waals surface area contributed by atoms with Crippen molar-refractivity contribution in [2.24, 2.45) is 0 Å². The first kappa shape index (κ1) is 10.3. The highest BCUT2D eigenvalue weighted by Crippen LogP contribution is 2.39. The van der Waals surface area contributed by atoms with Gasteiger partial charge in [0.2, 0.25) is 0 Å². The van der Waals surface area contributed by atoms with Crippen molar-refractivity contribution in [1.82, 2.24) is 0 Å². The van der Waals surface area contributed by atoms with Crippen molar-refractivity contribution >= 4 is 22.8 Å². The number of halogens is 1. The van der Waals surface area contributed by atoms with E-state index in [0.29, 0.717) is 11.7 Å². The molecule has 0 aromatic heterocycles. The molecule has 2 atom stereocenters. The zero-order valence-corrected chi connectivity index (χ0v) is 9.57. The summed E-state index contributed by atoms with van der Waals surface area (Å²) in [6.07, 6.45) is 5.12. The van der Waals surface area contributed by atoms with Crippen molar-refractivity contribution in [2.45, 2.75) is 18.1 Å². The minimum atomic E-state index is -0.823. The topological polar surface area (TPSA) is 23.1 Å². The van der Waals surface area contributed by atoms with Gasteiger partial charge in [-0.15, -0.1) is 0 Å². The maximum absolute atomic E-state index is 11.1. The lowest BCUT2D eigenvalue weighted by molar-refractivity contribution is 0.600. The fourth-order valence-corrected chi connectivity index (χ4v) is 2.44. The molecule has 14 heavy (non-hydrogen) atoms. The molecule has 1 aliphatic carbocycles. The van der Waals surface area contributed by atoms with E-state index in [4.69, 9.17) is 11.6 Å². The van der Waals surface area contributed by atoms with Crippen molar-refractivity contribution < 1.29 is 4.55 Å². The van der Waals surface area contributed by atoms with E-state index in [-0.39, 0.29) is 0 Å². The second-order valence-electron chi connectivity index (χ2n) is 3.65. The van der Waals surface area contributed by atoms with E-state index in [1.807, 2.05) is 6.07 Å². The van der Waals surface area contributed by atoms with Crippen LogP contribution in [-0.2, 0) is 16.9 Å². The van der Waals surface area contributed by atoms with Gasteiger partial charge in [0.05, 0.1) is 6.26 Å². The van der Waals surface area contributed by atoms with Gasteiger partial charge in [-0.25, -0.2) is 0 Å². The quantitative estimate of drug-likeness (QED) is 0.729. The van der Waals surface area contributed by atoms with Crippen LogP contribution in [0.3, 0.4) is 0 Å². The summed E-state index contributed by atoms with van der Waals surface area (Å²) in [5, 5.41) is 0.726. The average Bonchev–Trinajstić information content (AvgIpc) is 2.91. The van der Waals surface area contributed by atoms with Crippen molar-refractivity contribution in [1.29, 1.82) is 0 Å². The van der Waals surface area contributed by atoms with Gasteiger partial charge in [0.25, 0.3) is 0 Å². The van der Waals surface area contributed by atoms with Gasteiger partial charge in [-0.05, 0) is 36.5 Å². The van der Waals surface area contributed by atoms with Gasteiger partial charge in [-0.1, -0.05) is 28.8 Å². The average molecular weight is 228 g/mol. The highest BCUT2D eigenvalue weighted by molar-refractivity contribution is 7.89. The molecule has 1 aromatic rings. The minimum Gasteiger partial charge on any atom is -0.616 e. The Morgan fingerprint density at radius 3 is 2.86 bits per heavy atom. The molecule has 0 N–H and O–H groups in total. The van der Waals surface area contributed by atoms with Gasteiger partial charge < -0.3 is 4.55 Å². The Kier molecular flexibility index (Phi) is 3.05. The molecule has 0 heterocycles. The molecule has 75 valence electrons. The molecular formula is C11H12ClOS. The molecule has 1 radical (unpaired) electrons. The molecule has 2 rings (SSSR count). The van der Waals surface area contributed by atoms with Gasteiger partial charge in [0, 0.05) is 10.6 Å². The molecule has 2 unspecified atom stereocenters. The third kappa shape index (κ3) is 2.44. The Morgan fingerprint density at radius 1 is 1.57 bits per heavy atom. The molecule has 1 fully saturated rings. The summed E-state index contributed by atoms with van der Waals surface area (Å²) in [5.41, 5.74) is 2.31. The highest BCUT2D eigenvalue weighted by atomic mass is 35.5. The van der Waals surface area contributed by atoms with Crippen LogP contribution in [0.5, 0.6) is 0 Å². The molecule has 0 bridgehead atoms. The standard InChI is InChI=1S/C11H12ClOS/c1-14(13)7-10-6-9(8-2-3-8)4-5-11(10)12/h2,4-6,8H,3,7H2,1H3. The largest absolute Gasteiger partial charge is 0.616 e. The summed E-state index contributed by atoms with van der Waals surface area (Å²) >= 11 is 5.20. The molecule has 3 heteroatoms. The predicted octanol–water partition coefficient (Wildman–Crippen LogP) is 2.91. The van der Waals surface area contributed by atoms with Crippen LogP contribution in [0, 0.1) is 6.42 Å². The molecule has 1 aromatic carbocycles. The van der Waals surface area contributed by atoms with Crippen molar-refractivity contribution in [3.63, 3.8) is 0 Å². The molecule has 1 nitrogen and oxygen atoms in total. The first-order valence-corrected chi connectivity index (χ1v) is 6.69. The van der Waals surface area contributed by atoms with E-state index >= 15 is 0 Å². The normalized spacial score (nSPS) is 18.2. The monoisotopic (exact) mass is 227 g/mol. The van der Waals surface area contributed by atoms with Gasteiger partial charge in [0.15, 0.2) is 0 Å². The van der Waals surface area contributed by atoms with E-state index in [2.05, 4.69) is 18.6 Å². The summed E-state index contributed by atoms with van der Waals surface area (Å²) in [7, 11) is 0. The molecule has 0 amide bonds. The second-order valence-corrected chi connectivity index (χ2v) is 5.49. The van der Waals surface area contributed by atoms with Gasteiger partial charge in [-0.3, -0.25) is 0 Å². The smallest absolute Gasteiger partial charge is 0.131 e. The van der Waals surface area contributed by atoms with Crippen molar-refractivity contribution in [3.8, 4) is 0 Å². The SMILES string of the molecule is C[S+]([O-])Cc1cc(C2[CH]C2)ccc1Cl.